The van der Waals surface area contributed by atoms with Crippen LogP contribution in [0, 0.1) is 0 Å². The van der Waals surface area contributed by atoms with Crippen molar-refractivity contribution in [1.29, 1.82) is 0 Å². The Morgan fingerprint density at radius 2 is 1.84 bits per heavy atom. The van der Waals surface area contributed by atoms with Gasteiger partial charge in [0.15, 0.2) is 0 Å². The van der Waals surface area contributed by atoms with Gasteiger partial charge in [-0.15, -0.1) is 0 Å². The topological polar surface area (TPSA) is 49.4 Å². The van der Waals surface area contributed by atoms with Crippen LogP contribution in [-0.2, 0) is 22.6 Å². The Kier molecular flexibility index (Phi) is 4.20. The monoisotopic (exact) mass is 260 g/mol. The van der Waals surface area contributed by atoms with Crippen LogP contribution in [0.5, 0.6) is 0 Å². The molecule has 2 amide bonds. The smallest absolute Gasteiger partial charge is 0.242 e. The second kappa shape index (κ2) is 5.87. The zero-order valence-corrected chi connectivity index (χ0v) is 11.5. The lowest BCUT2D eigenvalue weighted by Gasteiger charge is -2.26. The Bertz CT molecular complexity index is 468. The number of nitrogens with one attached hydrogen (secondary N) is 1. The van der Waals surface area contributed by atoms with Crippen molar-refractivity contribution in [2.24, 2.45) is 0 Å². The highest BCUT2D eigenvalue weighted by Gasteiger charge is 2.26. The Balaban J connectivity index is 2.10. The molecule has 1 aliphatic rings. The molecule has 1 heterocycles. The number of hydrogen-bond donors (Lipinski definition) is 1. The number of rotatable bonds is 3. The van der Waals surface area contributed by atoms with Crippen molar-refractivity contribution in [3.05, 3.63) is 35.4 Å². The Morgan fingerprint density at radius 3 is 2.47 bits per heavy atom. The van der Waals surface area contributed by atoms with E-state index >= 15 is 0 Å². The summed E-state index contributed by atoms with van der Waals surface area (Å²) in [6, 6.07) is 8.23. The van der Waals surface area contributed by atoms with Crippen LogP contribution >= 0.6 is 0 Å². The molecule has 102 valence electrons. The molecule has 1 unspecified atom stereocenters. The summed E-state index contributed by atoms with van der Waals surface area (Å²) >= 11 is 0. The highest BCUT2D eigenvalue weighted by Crippen LogP contribution is 2.14. The van der Waals surface area contributed by atoms with E-state index in [0.29, 0.717) is 13.0 Å². The molecule has 0 bridgehead atoms. The maximum absolute atomic E-state index is 12.0. The molecule has 4 nitrogen and oxygen atoms in total. The van der Waals surface area contributed by atoms with E-state index in [2.05, 4.69) is 36.5 Å². The molecule has 0 radical (unpaired) electrons. The van der Waals surface area contributed by atoms with Gasteiger partial charge in [0, 0.05) is 19.0 Å². The fourth-order valence-corrected chi connectivity index (χ4v) is 2.29. The van der Waals surface area contributed by atoms with Crippen LogP contribution in [-0.4, -0.2) is 29.3 Å². The third-order valence-electron chi connectivity index (χ3n) is 3.55. The predicted molar refractivity (Wildman–Crippen MR) is 73.5 cm³/mol. The maximum atomic E-state index is 12.0. The van der Waals surface area contributed by atoms with Crippen molar-refractivity contribution in [2.45, 2.75) is 39.3 Å². The number of carbonyl (C=O) groups excluding carboxylic acids is 2. The fourth-order valence-electron chi connectivity index (χ4n) is 2.29. The lowest BCUT2D eigenvalue weighted by atomic mass is 10.1. The van der Waals surface area contributed by atoms with Crippen LogP contribution in [0.25, 0.3) is 0 Å². The summed E-state index contributed by atoms with van der Waals surface area (Å²) in [6.07, 6.45) is 1.39. The lowest BCUT2D eigenvalue weighted by molar-refractivity contribution is -0.132. The third kappa shape index (κ3) is 3.34. The summed E-state index contributed by atoms with van der Waals surface area (Å²) in [5, 5.41) is 2.63. The quantitative estimate of drug-likeness (QED) is 0.895. The van der Waals surface area contributed by atoms with Crippen molar-refractivity contribution in [3.63, 3.8) is 0 Å². The van der Waals surface area contributed by atoms with E-state index in [4.69, 9.17) is 0 Å². The van der Waals surface area contributed by atoms with E-state index < -0.39 is 0 Å². The van der Waals surface area contributed by atoms with Gasteiger partial charge in [0.2, 0.25) is 11.8 Å². The molecule has 1 aromatic carbocycles. The number of nitrogens with zero attached hydrogens (tertiary/aromatic N) is 1. The maximum Gasteiger partial charge on any atom is 0.242 e. The van der Waals surface area contributed by atoms with Crippen LogP contribution in [0.15, 0.2) is 24.3 Å². The summed E-state index contributed by atoms with van der Waals surface area (Å²) in [5.74, 6) is -0.0670. The number of carbonyl (C=O) groups is 2. The molecule has 1 N–H and O–H groups in total. The molecule has 0 aromatic heterocycles. The Hall–Kier alpha value is -1.84. The van der Waals surface area contributed by atoms with Crippen molar-refractivity contribution in [3.8, 4) is 0 Å². The van der Waals surface area contributed by atoms with Crippen LogP contribution < -0.4 is 5.32 Å². The van der Waals surface area contributed by atoms with E-state index in [0.717, 1.165) is 12.0 Å². The van der Waals surface area contributed by atoms with Crippen LogP contribution in [0.3, 0.4) is 0 Å². The minimum Gasteiger partial charge on any atom is -0.347 e. The van der Waals surface area contributed by atoms with E-state index in [-0.39, 0.29) is 24.4 Å². The Morgan fingerprint density at radius 1 is 1.21 bits per heavy atom. The fraction of sp³-hybridized carbons (Fsp3) is 0.467. The van der Waals surface area contributed by atoms with Gasteiger partial charge in [0.05, 0.1) is 6.54 Å². The standard InChI is InChI=1S/C15H20N2O2/c1-3-12-4-6-13(7-5-12)10-17-11(2)8-14(18)16-9-15(17)19/h4-7,11H,3,8-10H2,1-2H3,(H,16,18). The van der Waals surface area contributed by atoms with Crippen LogP contribution in [0.4, 0.5) is 0 Å². The summed E-state index contributed by atoms with van der Waals surface area (Å²) in [5.41, 5.74) is 2.39. The molecule has 1 saturated heterocycles. The molecule has 0 saturated carbocycles. The van der Waals surface area contributed by atoms with Gasteiger partial charge in [-0.1, -0.05) is 31.2 Å². The molecule has 1 atom stereocenters. The lowest BCUT2D eigenvalue weighted by Crippen LogP contribution is -2.39. The highest BCUT2D eigenvalue weighted by molar-refractivity contribution is 5.87. The van der Waals surface area contributed by atoms with Gasteiger partial charge in [-0.3, -0.25) is 9.59 Å². The molecule has 2 rings (SSSR count). The summed E-state index contributed by atoms with van der Waals surface area (Å²) in [6.45, 7) is 4.71. The molecular formula is C15H20N2O2. The van der Waals surface area contributed by atoms with Crippen molar-refractivity contribution in [1.82, 2.24) is 10.2 Å². The number of hydrogen-bond acceptors (Lipinski definition) is 2. The van der Waals surface area contributed by atoms with Gasteiger partial charge in [-0.25, -0.2) is 0 Å². The number of amides is 2. The third-order valence-corrected chi connectivity index (χ3v) is 3.55. The largest absolute Gasteiger partial charge is 0.347 e. The Labute approximate surface area is 113 Å². The van der Waals surface area contributed by atoms with Gasteiger partial charge >= 0.3 is 0 Å². The highest BCUT2D eigenvalue weighted by atomic mass is 16.2. The van der Waals surface area contributed by atoms with Crippen LogP contribution in [0.1, 0.15) is 31.4 Å². The minimum absolute atomic E-state index is 0.0158. The average Bonchev–Trinajstić information content (AvgIpc) is 2.53. The van der Waals surface area contributed by atoms with E-state index in [1.165, 1.54) is 5.56 Å². The van der Waals surface area contributed by atoms with E-state index in [1.54, 1.807) is 4.90 Å². The molecule has 0 aliphatic carbocycles. The van der Waals surface area contributed by atoms with Gasteiger partial charge in [0.1, 0.15) is 0 Å². The number of aryl methyl sites for hydroxylation is 1. The van der Waals surface area contributed by atoms with Gasteiger partial charge in [-0.05, 0) is 24.5 Å². The molecule has 4 heteroatoms. The van der Waals surface area contributed by atoms with Gasteiger partial charge in [0.25, 0.3) is 0 Å². The molecule has 0 spiro atoms. The molecule has 1 aromatic rings. The molecule has 1 aliphatic heterocycles. The number of benzene rings is 1. The first-order valence-corrected chi connectivity index (χ1v) is 6.74. The van der Waals surface area contributed by atoms with Gasteiger partial charge in [-0.2, -0.15) is 0 Å². The van der Waals surface area contributed by atoms with Crippen molar-refractivity contribution < 1.29 is 9.59 Å². The molecular weight excluding hydrogens is 240 g/mol. The predicted octanol–water partition coefficient (Wildman–Crippen LogP) is 1.49. The van der Waals surface area contributed by atoms with Crippen LogP contribution in [0.2, 0.25) is 0 Å². The zero-order valence-electron chi connectivity index (χ0n) is 11.5. The second-order valence-corrected chi connectivity index (χ2v) is 5.02. The van der Waals surface area contributed by atoms with Crippen molar-refractivity contribution in [2.75, 3.05) is 6.54 Å². The zero-order chi connectivity index (χ0) is 13.8. The first-order chi connectivity index (χ1) is 9.10. The van der Waals surface area contributed by atoms with E-state index in [9.17, 15) is 9.59 Å². The van der Waals surface area contributed by atoms with E-state index in [1.807, 2.05) is 6.92 Å². The minimum atomic E-state index is -0.0548. The molecule has 19 heavy (non-hydrogen) atoms. The molecule has 1 fully saturated rings. The van der Waals surface area contributed by atoms with Crippen molar-refractivity contribution >= 4 is 11.8 Å². The summed E-state index contributed by atoms with van der Waals surface area (Å²) < 4.78 is 0. The second-order valence-electron chi connectivity index (χ2n) is 5.02. The summed E-state index contributed by atoms with van der Waals surface area (Å²) in [7, 11) is 0. The normalized spacial score (nSPS) is 20.1. The van der Waals surface area contributed by atoms with Gasteiger partial charge < -0.3 is 10.2 Å². The first kappa shape index (κ1) is 13.6. The first-order valence-electron chi connectivity index (χ1n) is 6.74. The summed E-state index contributed by atoms with van der Waals surface area (Å²) in [4.78, 5) is 25.2. The average molecular weight is 260 g/mol. The SMILES string of the molecule is CCc1ccc(CN2C(=O)CNC(=O)CC2C)cc1.